The zero-order chi connectivity index (χ0) is 31.2. The van der Waals surface area contributed by atoms with Gasteiger partial charge < -0.3 is 13.7 Å². The molecule has 5 rings (SSSR count). The second-order valence-electron chi connectivity index (χ2n) is 8.98. The number of hydrogen-bond acceptors (Lipinski definition) is 12. The van der Waals surface area contributed by atoms with Gasteiger partial charge in [0.05, 0.1) is 38.3 Å². The molecule has 0 bridgehead atoms. The molecule has 0 aliphatic heterocycles. The van der Waals surface area contributed by atoms with Gasteiger partial charge in [-0.1, -0.05) is 42.5 Å². The molecular formula is C27H27N3O12P2. The predicted molar refractivity (Wildman–Crippen MR) is 152 cm³/mol. The van der Waals surface area contributed by atoms with Crippen LogP contribution in [0.25, 0.3) is 16.9 Å². The van der Waals surface area contributed by atoms with Gasteiger partial charge in [0.2, 0.25) is 12.7 Å². The van der Waals surface area contributed by atoms with Crippen molar-refractivity contribution in [2.45, 2.75) is 12.8 Å². The van der Waals surface area contributed by atoms with E-state index in [0.29, 0.717) is 40.5 Å². The minimum Gasteiger partial charge on any atom is -0.469 e. The highest BCUT2D eigenvalue weighted by Gasteiger charge is 2.31. The minimum atomic E-state index is -4.80. The molecule has 0 aliphatic rings. The smallest absolute Gasteiger partial charge is 0.469 e. The molecule has 0 saturated carbocycles. The third-order valence-electron chi connectivity index (χ3n) is 5.93. The minimum absolute atomic E-state index is 0.0524. The van der Waals surface area contributed by atoms with E-state index in [1.165, 1.54) is 18.4 Å². The molecule has 0 amide bonds. The van der Waals surface area contributed by atoms with E-state index in [2.05, 4.69) is 19.1 Å². The Morgan fingerprint density at radius 1 is 0.886 bits per heavy atom. The number of ether oxygens (including phenoxy) is 1. The molecule has 15 nitrogen and oxygen atoms in total. The number of aromatic nitrogens is 3. The van der Waals surface area contributed by atoms with Gasteiger partial charge in [-0.2, -0.15) is 0 Å². The zero-order valence-corrected chi connectivity index (χ0v) is 25.1. The van der Waals surface area contributed by atoms with Crippen LogP contribution in [0.4, 0.5) is 0 Å². The lowest BCUT2D eigenvalue weighted by molar-refractivity contribution is -0.261. The Kier molecular flexibility index (Phi) is 9.91. The summed E-state index contributed by atoms with van der Waals surface area (Å²) < 4.78 is 56.4. The van der Waals surface area contributed by atoms with E-state index < -0.39 is 22.4 Å². The first-order valence-corrected chi connectivity index (χ1v) is 15.8. The van der Waals surface area contributed by atoms with Crippen molar-refractivity contribution in [3.05, 3.63) is 102 Å². The van der Waals surface area contributed by atoms with Crippen molar-refractivity contribution in [3.8, 4) is 22.9 Å². The molecule has 2 N–H and O–H groups in total. The number of fused-ring (bicyclic) bond motifs is 1. The molecule has 0 fully saturated rings. The van der Waals surface area contributed by atoms with E-state index in [0.717, 1.165) is 19.8 Å². The predicted octanol–water partition coefficient (Wildman–Crippen LogP) is 5.26. The van der Waals surface area contributed by atoms with E-state index in [4.69, 9.17) is 28.2 Å². The number of furan rings is 1. The number of rotatable bonds is 15. The molecule has 0 unspecified atom stereocenters. The van der Waals surface area contributed by atoms with Crippen LogP contribution in [0.1, 0.15) is 22.7 Å². The van der Waals surface area contributed by atoms with Crippen LogP contribution in [0.2, 0.25) is 0 Å². The molecule has 5 aromatic rings. The Morgan fingerprint density at radius 2 is 1.66 bits per heavy atom. The molecule has 17 heteroatoms. The first-order valence-electron chi connectivity index (χ1n) is 12.8. The van der Waals surface area contributed by atoms with Crippen LogP contribution < -0.4 is 9.26 Å². The maximum absolute atomic E-state index is 12.7. The third kappa shape index (κ3) is 7.98. The molecule has 44 heavy (non-hydrogen) atoms. The molecule has 0 aliphatic carbocycles. The average molecular weight is 647 g/mol. The number of phosphoric acid groups is 2. The summed E-state index contributed by atoms with van der Waals surface area (Å²) in [5.41, 5.74) is 3.29. The van der Waals surface area contributed by atoms with E-state index in [9.17, 15) is 18.9 Å². The Balaban J connectivity index is 1.62. The van der Waals surface area contributed by atoms with Crippen molar-refractivity contribution >= 4 is 21.3 Å². The maximum Gasteiger partial charge on any atom is 0.532 e. The summed E-state index contributed by atoms with van der Waals surface area (Å²) in [5.74, 6) is 0.733. The molecular weight excluding hydrogens is 620 g/mol. The lowest BCUT2D eigenvalue weighted by Gasteiger charge is -2.15. The molecule has 0 saturated heterocycles. The average Bonchev–Trinajstić information content (AvgIpc) is 3.61. The monoisotopic (exact) mass is 647 g/mol. The van der Waals surface area contributed by atoms with Crippen LogP contribution in [-0.4, -0.2) is 45.2 Å². The van der Waals surface area contributed by atoms with Crippen molar-refractivity contribution in [1.82, 2.24) is 14.4 Å². The van der Waals surface area contributed by atoms with Gasteiger partial charge in [0.1, 0.15) is 17.2 Å². The van der Waals surface area contributed by atoms with Crippen LogP contribution in [-0.2, 0) is 45.6 Å². The summed E-state index contributed by atoms with van der Waals surface area (Å²) in [6.45, 7) is -0.639. The van der Waals surface area contributed by atoms with Gasteiger partial charge >= 0.3 is 15.6 Å². The highest BCUT2D eigenvalue weighted by Crippen LogP contribution is 2.49. The summed E-state index contributed by atoms with van der Waals surface area (Å²) in [6.07, 6.45) is 3.76. The van der Waals surface area contributed by atoms with Crippen LogP contribution in [0.5, 0.6) is 11.6 Å². The lowest BCUT2D eigenvalue weighted by Crippen LogP contribution is -2.08. The van der Waals surface area contributed by atoms with Gasteiger partial charge in [-0.05, 0) is 29.8 Å². The van der Waals surface area contributed by atoms with Crippen molar-refractivity contribution in [2.75, 3.05) is 21.0 Å². The van der Waals surface area contributed by atoms with Gasteiger partial charge in [0, 0.05) is 18.2 Å². The fourth-order valence-electron chi connectivity index (χ4n) is 4.26. The topological polar surface area (TPSA) is 183 Å². The second-order valence-corrected chi connectivity index (χ2v) is 11.6. The van der Waals surface area contributed by atoms with E-state index in [-0.39, 0.29) is 18.1 Å². The number of imidazole rings is 1. The second kappa shape index (κ2) is 13.8. The molecule has 232 valence electrons. The molecule has 2 aromatic carbocycles. The fraction of sp³-hybridized carbons (Fsp3) is 0.185. The van der Waals surface area contributed by atoms with E-state index in [1.807, 2.05) is 30.3 Å². The van der Waals surface area contributed by atoms with Gasteiger partial charge in [-0.3, -0.25) is 14.2 Å². The van der Waals surface area contributed by atoms with Gasteiger partial charge in [-0.25, -0.2) is 33.4 Å². The van der Waals surface area contributed by atoms with Crippen LogP contribution in [0, 0.1) is 0 Å². The summed E-state index contributed by atoms with van der Waals surface area (Å²) in [5, 5.41) is 0. The third-order valence-corrected chi connectivity index (χ3v) is 7.46. The largest absolute Gasteiger partial charge is 0.532 e. The Hall–Kier alpha value is -3.88. The summed E-state index contributed by atoms with van der Waals surface area (Å²) >= 11 is 0. The number of phosphoric ester groups is 1. The molecule has 3 aromatic heterocycles. The quantitative estimate of drug-likeness (QED) is 0.0649. The number of benzene rings is 2. The van der Waals surface area contributed by atoms with E-state index in [1.54, 1.807) is 34.9 Å². The Labute approximate surface area is 250 Å². The van der Waals surface area contributed by atoms with Gasteiger partial charge in [-0.15, -0.1) is 9.35 Å². The molecule has 0 radical (unpaired) electrons. The van der Waals surface area contributed by atoms with E-state index >= 15 is 0 Å². The Bertz CT molecular complexity index is 1780. The standard InChI is InChI=1S/C27H27N3O12P2/c1-35-41-44(34,42-36-2)39-18-38-27-24(16-21-12-7-13-37-21)29-26-23(14-19-8-4-3-5-9-19)28-25(17-30(26)27)20-10-6-11-22(15-20)40-43(31,32)33/h3-13,15,17H,14,16,18H2,1-2H3,(H2,31,32,33). The highest BCUT2D eigenvalue weighted by molar-refractivity contribution is 7.48. The van der Waals surface area contributed by atoms with Crippen LogP contribution in [0.3, 0.4) is 0 Å². The maximum atomic E-state index is 12.7. The van der Waals surface area contributed by atoms with Crippen molar-refractivity contribution in [3.63, 3.8) is 0 Å². The van der Waals surface area contributed by atoms with Crippen molar-refractivity contribution in [1.29, 1.82) is 0 Å². The summed E-state index contributed by atoms with van der Waals surface area (Å²) in [6, 6.07) is 19.3. The Morgan fingerprint density at radius 3 is 2.34 bits per heavy atom. The molecule has 0 spiro atoms. The zero-order valence-electron chi connectivity index (χ0n) is 23.3. The lowest BCUT2D eigenvalue weighted by atomic mass is 10.1. The number of hydrogen-bond donors (Lipinski definition) is 2. The normalized spacial score (nSPS) is 12.1. The summed E-state index contributed by atoms with van der Waals surface area (Å²) in [7, 11) is -6.88. The first-order chi connectivity index (χ1) is 21.2. The summed E-state index contributed by atoms with van der Waals surface area (Å²) in [4.78, 5) is 37.2. The van der Waals surface area contributed by atoms with Crippen molar-refractivity contribution in [2.24, 2.45) is 0 Å². The van der Waals surface area contributed by atoms with Gasteiger partial charge in [0.15, 0.2) is 5.65 Å². The SMILES string of the molecule is COOP(=O)(OCOc1c(Cc2ccco2)nc2c(Cc3ccccc3)nc(-c3cccc(OP(=O)(O)O)c3)cn12)OOC. The van der Waals surface area contributed by atoms with Crippen LogP contribution in [0.15, 0.2) is 83.6 Å². The molecule has 0 atom stereocenters. The highest BCUT2D eigenvalue weighted by atomic mass is 31.2. The fourth-order valence-corrected chi connectivity index (χ4v) is 5.31. The van der Waals surface area contributed by atoms with Gasteiger partial charge in [0.25, 0.3) is 0 Å². The number of nitrogens with zero attached hydrogens (tertiary/aromatic N) is 3. The van der Waals surface area contributed by atoms with Crippen molar-refractivity contribution < 1.29 is 56.2 Å². The molecule has 3 heterocycles. The first kappa shape index (κ1) is 31.5. The van der Waals surface area contributed by atoms with Crippen LogP contribution >= 0.6 is 15.6 Å².